The van der Waals surface area contributed by atoms with E-state index < -0.39 is 22.2 Å². The van der Waals surface area contributed by atoms with E-state index in [1.165, 1.54) is 8.61 Å². The number of rotatable bonds is 5. The minimum absolute atomic E-state index is 0.216. The highest BCUT2D eigenvalue weighted by molar-refractivity contribution is 7.86. The van der Waals surface area contributed by atoms with E-state index in [4.69, 9.17) is 10.5 Å². The second kappa shape index (κ2) is 6.38. The first-order valence-electron chi connectivity index (χ1n) is 7.14. The van der Waals surface area contributed by atoms with Crippen molar-refractivity contribution in [2.75, 3.05) is 32.8 Å². The van der Waals surface area contributed by atoms with E-state index >= 15 is 0 Å². The summed E-state index contributed by atoms with van der Waals surface area (Å²) in [5.41, 5.74) is 5.60. The molecule has 0 spiro atoms. The average molecular weight is 305 g/mol. The molecule has 0 aromatic carbocycles. The number of esters is 1. The van der Waals surface area contributed by atoms with Crippen molar-refractivity contribution in [2.45, 2.75) is 32.2 Å². The molecule has 0 amide bonds. The third kappa shape index (κ3) is 2.98. The summed E-state index contributed by atoms with van der Waals surface area (Å²) in [5.74, 6) is -0.225. The van der Waals surface area contributed by atoms with Crippen LogP contribution >= 0.6 is 0 Å². The van der Waals surface area contributed by atoms with Crippen LogP contribution in [-0.4, -0.2) is 61.8 Å². The number of ether oxygens (including phenoxy) is 1. The van der Waals surface area contributed by atoms with Crippen molar-refractivity contribution in [3.05, 3.63) is 0 Å². The SMILES string of the molecule is CCOC(=O)C1CCCN1S(=O)(=O)N1CCC(CN)C1. The Kier molecular flexibility index (Phi) is 5.00. The maximum Gasteiger partial charge on any atom is 0.324 e. The van der Waals surface area contributed by atoms with Crippen LogP contribution in [-0.2, 0) is 19.7 Å². The first kappa shape index (κ1) is 15.7. The summed E-state index contributed by atoms with van der Waals surface area (Å²) in [5, 5.41) is 0. The lowest BCUT2D eigenvalue weighted by Crippen LogP contribution is -2.48. The van der Waals surface area contributed by atoms with Crippen LogP contribution in [0.3, 0.4) is 0 Å². The Morgan fingerprint density at radius 1 is 1.35 bits per heavy atom. The fourth-order valence-electron chi connectivity index (χ4n) is 2.84. The summed E-state index contributed by atoms with van der Waals surface area (Å²) in [4.78, 5) is 11.9. The first-order chi connectivity index (χ1) is 9.50. The highest BCUT2D eigenvalue weighted by atomic mass is 32.2. The van der Waals surface area contributed by atoms with Crippen molar-refractivity contribution < 1.29 is 17.9 Å². The number of carbonyl (C=O) groups excluding carboxylic acids is 1. The molecule has 2 unspecified atom stereocenters. The molecule has 0 saturated carbocycles. The van der Waals surface area contributed by atoms with Gasteiger partial charge in [-0.15, -0.1) is 0 Å². The molecule has 2 fully saturated rings. The molecule has 0 radical (unpaired) electrons. The molecule has 20 heavy (non-hydrogen) atoms. The molecule has 2 aliphatic heterocycles. The zero-order chi connectivity index (χ0) is 14.8. The quantitative estimate of drug-likeness (QED) is 0.694. The van der Waals surface area contributed by atoms with Gasteiger partial charge in [-0.3, -0.25) is 4.79 Å². The van der Waals surface area contributed by atoms with E-state index in [-0.39, 0.29) is 12.5 Å². The molecule has 7 nitrogen and oxygen atoms in total. The smallest absolute Gasteiger partial charge is 0.324 e. The van der Waals surface area contributed by atoms with Gasteiger partial charge in [-0.05, 0) is 38.6 Å². The van der Waals surface area contributed by atoms with Gasteiger partial charge in [0.1, 0.15) is 6.04 Å². The van der Waals surface area contributed by atoms with Gasteiger partial charge in [-0.1, -0.05) is 0 Å². The van der Waals surface area contributed by atoms with E-state index in [9.17, 15) is 13.2 Å². The summed E-state index contributed by atoms with van der Waals surface area (Å²) < 4.78 is 33.0. The van der Waals surface area contributed by atoms with E-state index in [1.54, 1.807) is 6.92 Å². The normalized spacial score (nSPS) is 28.9. The molecule has 2 N–H and O–H groups in total. The highest BCUT2D eigenvalue weighted by Gasteiger charge is 2.44. The lowest BCUT2D eigenvalue weighted by atomic mass is 10.1. The van der Waals surface area contributed by atoms with Crippen LogP contribution < -0.4 is 5.73 Å². The van der Waals surface area contributed by atoms with Gasteiger partial charge < -0.3 is 10.5 Å². The van der Waals surface area contributed by atoms with Crippen LogP contribution in [0.1, 0.15) is 26.2 Å². The molecule has 8 heteroatoms. The average Bonchev–Trinajstić information content (AvgIpc) is 3.08. The standard InChI is InChI=1S/C12H23N3O4S/c1-2-19-12(16)11-4-3-6-15(11)20(17,18)14-7-5-10(8-13)9-14/h10-11H,2-9,13H2,1H3. The highest BCUT2D eigenvalue weighted by Crippen LogP contribution is 2.27. The topological polar surface area (TPSA) is 92.9 Å². The molecule has 116 valence electrons. The largest absolute Gasteiger partial charge is 0.465 e. The van der Waals surface area contributed by atoms with Gasteiger partial charge in [0.25, 0.3) is 10.2 Å². The second-order valence-electron chi connectivity index (χ2n) is 5.28. The van der Waals surface area contributed by atoms with Crippen LogP contribution in [0.5, 0.6) is 0 Å². The van der Waals surface area contributed by atoms with Crippen molar-refractivity contribution in [1.82, 2.24) is 8.61 Å². The van der Waals surface area contributed by atoms with Gasteiger partial charge in [0.05, 0.1) is 6.61 Å². The molecule has 2 atom stereocenters. The third-order valence-corrected chi connectivity index (χ3v) is 5.98. The third-order valence-electron chi connectivity index (χ3n) is 3.97. The van der Waals surface area contributed by atoms with E-state index in [0.717, 1.165) is 6.42 Å². The molecular formula is C12H23N3O4S. The van der Waals surface area contributed by atoms with Gasteiger partial charge in [-0.2, -0.15) is 17.0 Å². The van der Waals surface area contributed by atoms with Gasteiger partial charge in [0.15, 0.2) is 0 Å². The Hall–Kier alpha value is -0.700. The molecule has 2 heterocycles. The second-order valence-corrected chi connectivity index (χ2v) is 7.16. The fourth-order valence-corrected chi connectivity index (χ4v) is 4.74. The minimum atomic E-state index is -3.58. The van der Waals surface area contributed by atoms with Crippen LogP contribution in [0, 0.1) is 5.92 Å². The van der Waals surface area contributed by atoms with Crippen molar-refractivity contribution in [1.29, 1.82) is 0 Å². The number of carbonyl (C=O) groups is 1. The van der Waals surface area contributed by atoms with Crippen molar-refractivity contribution in [2.24, 2.45) is 11.7 Å². The maximum atomic E-state index is 12.6. The predicted molar refractivity (Wildman–Crippen MR) is 74.0 cm³/mol. The van der Waals surface area contributed by atoms with Crippen LogP contribution in [0.4, 0.5) is 0 Å². The van der Waals surface area contributed by atoms with Gasteiger partial charge in [-0.25, -0.2) is 0 Å². The van der Waals surface area contributed by atoms with Gasteiger partial charge >= 0.3 is 5.97 Å². The zero-order valence-electron chi connectivity index (χ0n) is 11.8. The van der Waals surface area contributed by atoms with Crippen molar-refractivity contribution >= 4 is 16.2 Å². The molecule has 0 aliphatic carbocycles. The van der Waals surface area contributed by atoms with Crippen molar-refractivity contribution in [3.63, 3.8) is 0 Å². The predicted octanol–water partition coefficient (Wildman–Crippen LogP) is -0.461. The Balaban J connectivity index is 2.10. The Bertz CT molecular complexity index is 454. The van der Waals surface area contributed by atoms with E-state index in [1.807, 2.05) is 0 Å². The summed E-state index contributed by atoms with van der Waals surface area (Å²) >= 11 is 0. The molecule has 0 bridgehead atoms. The van der Waals surface area contributed by atoms with Crippen LogP contribution in [0.25, 0.3) is 0 Å². The molecule has 2 aliphatic rings. The number of nitrogens with two attached hydrogens (primary N) is 1. The molecule has 2 rings (SSSR count). The maximum absolute atomic E-state index is 12.6. The van der Waals surface area contributed by atoms with E-state index in [0.29, 0.717) is 39.0 Å². The first-order valence-corrected chi connectivity index (χ1v) is 8.54. The molecule has 2 saturated heterocycles. The van der Waals surface area contributed by atoms with E-state index in [2.05, 4.69) is 0 Å². The number of nitrogens with zero attached hydrogens (tertiary/aromatic N) is 2. The zero-order valence-corrected chi connectivity index (χ0v) is 12.6. The molecular weight excluding hydrogens is 282 g/mol. The minimum Gasteiger partial charge on any atom is -0.465 e. The van der Waals surface area contributed by atoms with Crippen LogP contribution in [0.15, 0.2) is 0 Å². The number of hydrogen-bond donors (Lipinski definition) is 1. The number of hydrogen-bond acceptors (Lipinski definition) is 5. The van der Waals surface area contributed by atoms with Gasteiger partial charge in [0.2, 0.25) is 0 Å². The molecule has 0 aromatic rings. The summed E-state index contributed by atoms with van der Waals surface area (Å²) in [7, 11) is -3.58. The Labute approximate surface area is 120 Å². The van der Waals surface area contributed by atoms with Crippen LogP contribution in [0.2, 0.25) is 0 Å². The Morgan fingerprint density at radius 2 is 2.10 bits per heavy atom. The lowest BCUT2D eigenvalue weighted by Gasteiger charge is -2.27. The van der Waals surface area contributed by atoms with Crippen molar-refractivity contribution in [3.8, 4) is 0 Å². The Morgan fingerprint density at radius 3 is 2.70 bits per heavy atom. The fraction of sp³-hybridized carbons (Fsp3) is 0.917. The summed E-state index contributed by atoms with van der Waals surface area (Å²) in [6, 6.07) is -0.670. The van der Waals surface area contributed by atoms with Gasteiger partial charge in [0, 0.05) is 19.6 Å². The molecule has 0 aromatic heterocycles. The lowest BCUT2D eigenvalue weighted by molar-refractivity contribution is -0.146. The summed E-state index contributed by atoms with van der Waals surface area (Å²) in [6.45, 7) is 3.80. The summed E-state index contributed by atoms with van der Waals surface area (Å²) in [6.07, 6.45) is 2.01. The monoisotopic (exact) mass is 305 g/mol.